The van der Waals surface area contributed by atoms with Gasteiger partial charge < -0.3 is 9.88 Å². The van der Waals surface area contributed by atoms with Crippen molar-refractivity contribution >= 4 is 56.1 Å². The third kappa shape index (κ3) is 5.47. The fourth-order valence-electron chi connectivity index (χ4n) is 3.00. The lowest BCUT2D eigenvalue weighted by atomic mass is 10.2. The molecule has 2 aromatic heterocycles. The highest BCUT2D eigenvalue weighted by atomic mass is 32.2. The van der Waals surface area contributed by atoms with E-state index in [0.29, 0.717) is 5.13 Å². The Balaban J connectivity index is 1.35. The van der Waals surface area contributed by atoms with E-state index in [1.807, 2.05) is 19.1 Å². The molecule has 0 aliphatic heterocycles. The van der Waals surface area contributed by atoms with Gasteiger partial charge in [0.1, 0.15) is 5.82 Å². The van der Waals surface area contributed by atoms with Crippen LogP contribution in [0.2, 0.25) is 0 Å². The van der Waals surface area contributed by atoms with Crippen molar-refractivity contribution in [2.24, 2.45) is 0 Å². The van der Waals surface area contributed by atoms with Crippen LogP contribution in [0, 0.1) is 13.8 Å². The summed E-state index contributed by atoms with van der Waals surface area (Å²) < 4.78 is 3.14. The van der Waals surface area contributed by atoms with Gasteiger partial charge in [0, 0.05) is 11.4 Å². The number of carbonyl (C=O) groups excluding carboxylic acids is 1. The highest BCUT2D eigenvalue weighted by molar-refractivity contribution is 7.99. The molecule has 0 radical (unpaired) electrons. The van der Waals surface area contributed by atoms with Crippen molar-refractivity contribution in [3.63, 3.8) is 0 Å². The second-order valence-electron chi connectivity index (χ2n) is 7.07. The SMILES string of the molecule is CCn1c(CSc2ccc(C)cc2)nnc1SCC(=O)Nc1nc2ccc(C)cc2s1. The van der Waals surface area contributed by atoms with E-state index in [1.165, 1.54) is 39.1 Å². The Hall–Kier alpha value is -2.36. The maximum atomic E-state index is 12.4. The summed E-state index contributed by atoms with van der Waals surface area (Å²) in [6.07, 6.45) is 0. The van der Waals surface area contributed by atoms with Gasteiger partial charge >= 0.3 is 0 Å². The molecule has 0 saturated heterocycles. The monoisotopic (exact) mass is 469 g/mol. The fraction of sp³-hybridized carbons (Fsp3) is 0.273. The van der Waals surface area contributed by atoms with Crippen LogP contribution in [0.4, 0.5) is 5.13 Å². The largest absolute Gasteiger partial charge is 0.306 e. The molecule has 2 aromatic carbocycles. The Morgan fingerprint density at radius 1 is 1.06 bits per heavy atom. The molecule has 160 valence electrons. The van der Waals surface area contributed by atoms with Gasteiger partial charge in [-0.25, -0.2) is 4.98 Å². The van der Waals surface area contributed by atoms with Crippen LogP contribution in [0.15, 0.2) is 52.5 Å². The normalized spacial score (nSPS) is 11.2. The first-order valence-corrected chi connectivity index (χ1v) is 12.7. The molecule has 4 rings (SSSR count). The average molecular weight is 470 g/mol. The predicted octanol–water partition coefficient (Wildman–Crippen LogP) is 5.55. The van der Waals surface area contributed by atoms with Crippen molar-refractivity contribution in [1.29, 1.82) is 0 Å². The van der Waals surface area contributed by atoms with Crippen molar-refractivity contribution in [3.05, 3.63) is 59.4 Å². The van der Waals surface area contributed by atoms with E-state index in [1.54, 1.807) is 11.8 Å². The zero-order valence-corrected chi connectivity index (χ0v) is 20.0. The second kappa shape index (κ2) is 9.84. The van der Waals surface area contributed by atoms with Gasteiger partial charge in [0.15, 0.2) is 10.3 Å². The Bertz CT molecular complexity index is 1200. The number of anilines is 1. The zero-order valence-electron chi connectivity index (χ0n) is 17.6. The molecule has 0 aliphatic carbocycles. The van der Waals surface area contributed by atoms with Gasteiger partial charge in [0.25, 0.3) is 0 Å². The highest BCUT2D eigenvalue weighted by Gasteiger charge is 2.14. The lowest BCUT2D eigenvalue weighted by molar-refractivity contribution is -0.113. The number of rotatable bonds is 8. The van der Waals surface area contributed by atoms with Gasteiger partial charge in [-0.15, -0.1) is 22.0 Å². The van der Waals surface area contributed by atoms with E-state index in [-0.39, 0.29) is 11.7 Å². The number of aryl methyl sites for hydroxylation is 2. The number of hydrogen-bond donors (Lipinski definition) is 1. The summed E-state index contributed by atoms with van der Waals surface area (Å²) in [5.74, 6) is 1.82. The smallest absolute Gasteiger partial charge is 0.236 e. The minimum atomic E-state index is -0.0954. The van der Waals surface area contributed by atoms with Crippen LogP contribution in [-0.2, 0) is 17.1 Å². The van der Waals surface area contributed by atoms with Crippen molar-refractivity contribution in [1.82, 2.24) is 19.7 Å². The van der Waals surface area contributed by atoms with E-state index < -0.39 is 0 Å². The van der Waals surface area contributed by atoms with Crippen LogP contribution in [0.5, 0.6) is 0 Å². The summed E-state index contributed by atoms with van der Waals surface area (Å²) in [6, 6.07) is 14.5. The van der Waals surface area contributed by atoms with Crippen LogP contribution in [0.25, 0.3) is 10.2 Å². The molecule has 2 heterocycles. The first kappa shape index (κ1) is 21.9. The number of nitrogens with zero attached hydrogens (tertiary/aromatic N) is 4. The zero-order chi connectivity index (χ0) is 21.8. The number of benzene rings is 2. The summed E-state index contributed by atoms with van der Waals surface area (Å²) in [6.45, 7) is 6.96. The standard InChI is InChI=1S/C22H23N5OS3/c1-4-27-19(12-29-16-8-5-14(2)6-9-16)25-26-22(27)30-13-20(28)24-21-23-17-10-7-15(3)11-18(17)31-21/h5-11H,4,12-13H2,1-3H3,(H,23,24,28). The van der Waals surface area contributed by atoms with Crippen LogP contribution >= 0.6 is 34.9 Å². The van der Waals surface area contributed by atoms with Crippen LogP contribution in [0.1, 0.15) is 23.9 Å². The van der Waals surface area contributed by atoms with Crippen LogP contribution < -0.4 is 5.32 Å². The lowest BCUT2D eigenvalue weighted by Gasteiger charge is -2.07. The summed E-state index contributed by atoms with van der Waals surface area (Å²) in [5.41, 5.74) is 3.33. The third-order valence-electron chi connectivity index (χ3n) is 4.62. The molecule has 0 bridgehead atoms. The molecule has 9 heteroatoms. The second-order valence-corrected chi connectivity index (χ2v) is 10.1. The first-order valence-electron chi connectivity index (χ1n) is 9.93. The first-order chi connectivity index (χ1) is 15.0. The van der Waals surface area contributed by atoms with E-state index in [4.69, 9.17) is 0 Å². The quantitative estimate of drug-likeness (QED) is 0.341. The van der Waals surface area contributed by atoms with E-state index in [2.05, 4.69) is 69.2 Å². The molecule has 31 heavy (non-hydrogen) atoms. The predicted molar refractivity (Wildman–Crippen MR) is 130 cm³/mol. The van der Waals surface area contributed by atoms with Gasteiger partial charge in [0.05, 0.1) is 21.7 Å². The van der Waals surface area contributed by atoms with E-state index in [9.17, 15) is 4.79 Å². The van der Waals surface area contributed by atoms with Gasteiger partial charge in [0.2, 0.25) is 5.91 Å². The number of aromatic nitrogens is 4. The third-order valence-corrected chi connectivity index (χ3v) is 7.53. The summed E-state index contributed by atoms with van der Waals surface area (Å²) in [5, 5.41) is 12.9. The van der Waals surface area contributed by atoms with Crippen molar-refractivity contribution in [3.8, 4) is 0 Å². The number of amides is 1. The molecule has 0 spiro atoms. The van der Waals surface area contributed by atoms with Gasteiger partial charge in [-0.2, -0.15) is 0 Å². The summed E-state index contributed by atoms with van der Waals surface area (Å²) in [4.78, 5) is 18.1. The number of carbonyl (C=O) groups is 1. The number of thiazole rings is 1. The topological polar surface area (TPSA) is 72.7 Å². The molecule has 1 amide bonds. The van der Waals surface area contributed by atoms with Crippen LogP contribution in [0.3, 0.4) is 0 Å². The number of hydrogen-bond acceptors (Lipinski definition) is 7. The minimum absolute atomic E-state index is 0.0954. The minimum Gasteiger partial charge on any atom is -0.306 e. The molecule has 0 atom stereocenters. The molecule has 4 aromatic rings. The molecule has 1 N–H and O–H groups in total. The maximum Gasteiger partial charge on any atom is 0.236 e. The van der Waals surface area contributed by atoms with E-state index >= 15 is 0 Å². The lowest BCUT2D eigenvalue weighted by Crippen LogP contribution is -2.14. The maximum absolute atomic E-state index is 12.4. The van der Waals surface area contributed by atoms with Gasteiger partial charge in [-0.05, 0) is 50.6 Å². The Morgan fingerprint density at radius 3 is 2.61 bits per heavy atom. The average Bonchev–Trinajstić information content (AvgIpc) is 3.34. The van der Waals surface area contributed by atoms with Gasteiger partial charge in [-0.3, -0.25) is 4.79 Å². The Morgan fingerprint density at radius 2 is 1.84 bits per heavy atom. The molecule has 0 aliphatic rings. The number of thioether (sulfide) groups is 2. The van der Waals surface area contributed by atoms with Crippen molar-refractivity contribution in [2.45, 2.75) is 43.1 Å². The molecular formula is C22H23N5OS3. The summed E-state index contributed by atoms with van der Waals surface area (Å²) >= 11 is 4.62. The van der Waals surface area contributed by atoms with Crippen molar-refractivity contribution in [2.75, 3.05) is 11.1 Å². The molecule has 6 nitrogen and oxygen atoms in total. The van der Waals surface area contributed by atoms with Gasteiger partial charge in [-0.1, -0.05) is 46.9 Å². The van der Waals surface area contributed by atoms with E-state index in [0.717, 1.165) is 33.5 Å². The molecule has 0 saturated carbocycles. The molecule has 0 fully saturated rings. The Labute approximate surface area is 193 Å². The highest BCUT2D eigenvalue weighted by Crippen LogP contribution is 2.28. The van der Waals surface area contributed by atoms with Crippen molar-refractivity contribution < 1.29 is 4.79 Å². The summed E-state index contributed by atoms with van der Waals surface area (Å²) in [7, 11) is 0. The van der Waals surface area contributed by atoms with Crippen LogP contribution in [-0.4, -0.2) is 31.4 Å². The number of nitrogens with one attached hydrogen (secondary N) is 1. The fourth-order valence-corrected chi connectivity index (χ4v) is 5.64. The molecule has 0 unspecified atom stereocenters. The Kier molecular flexibility index (Phi) is 6.94. The number of fused-ring (bicyclic) bond motifs is 1. The molecular weight excluding hydrogens is 446 g/mol.